The van der Waals surface area contributed by atoms with Gasteiger partial charge in [0.1, 0.15) is 0 Å². The standard InChI is InChI=1S/C21H29NO/c23-21(18-10-4-1-5-11-18)16-17-22(19-12-6-2-7-13-19)20-14-8-3-9-15-20/h1,4-5,10-11,16-17,19-20H,2-3,6-9,12-15H2/b17-16+. The average Bonchev–Trinajstić information content (AvgIpc) is 2.64. The molecule has 0 spiro atoms. The highest BCUT2D eigenvalue weighted by molar-refractivity contribution is 6.04. The monoisotopic (exact) mass is 311 g/mol. The highest BCUT2D eigenvalue weighted by atomic mass is 16.1. The first-order chi connectivity index (χ1) is 11.3. The van der Waals surface area contributed by atoms with Crippen molar-refractivity contribution in [2.75, 3.05) is 0 Å². The Morgan fingerprint density at radius 3 is 1.87 bits per heavy atom. The normalized spacial score (nSPS) is 20.7. The minimum Gasteiger partial charge on any atom is -0.371 e. The van der Waals surface area contributed by atoms with E-state index in [1.165, 1.54) is 64.2 Å². The van der Waals surface area contributed by atoms with E-state index in [1.807, 2.05) is 30.3 Å². The van der Waals surface area contributed by atoms with Crippen LogP contribution in [0.1, 0.15) is 74.6 Å². The lowest BCUT2D eigenvalue weighted by atomic mass is 9.89. The largest absolute Gasteiger partial charge is 0.371 e. The Labute approximate surface area is 140 Å². The molecule has 23 heavy (non-hydrogen) atoms. The molecule has 0 atom stereocenters. The number of allylic oxidation sites excluding steroid dienone is 1. The van der Waals surface area contributed by atoms with Gasteiger partial charge in [0, 0.05) is 29.9 Å². The first-order valence-corrected chi connectivity index (χ1v) is 9.39. The van der Waals surface area contributed by atoms with Gasteiger partial charge in [-0.05, 0) is 25.7 Å². The third-order valence-electron chi connectivity index (χ3n) is 5.45. The van der Waals surface area contributed by atoms with Crippen LogP contribution < -0.4 is 0 Å². The van der Waals surface area contributed by atoms with E-state index in [4.69, 9.17) is 0 Å². The van der Waals surface area contributed by atoms with Gasteiger partial charge in [-0.25, -0.2) is 0 Å². The van der Waals surface area contributed by atoms with Gasteiger partial charge in [-0.3, -0.25) is 4.79 Å². The molecule has 0 heterocycles. The summed E-state index contributed by atoms with van der Waals surface area (Å²) < 4.78 is 0. The van der Waals surface area contributed by atoms with Gasteiger partial charge in [-0.15, -0.1) is 0 Å². The van der Waals surface area contributed by atoms with E-state index >= 15 is 0 Å². The first-order valence-electron chi connectivity index (χ1n) is 9.39. The quantitative estimate of drug-likeness (QED) is 0.539. The Bertz CT molecular complexity index is 492. The van der Waals surface area contributed by atoms with E-state index in [2.05, 4.69) is 11.1 Å². The average molecular weight is 311 g/mol. The van der Waals surface area contributed by atoms with Gasteiger partial charge in [0.05, 0.1) is 0 Å². The fraction of sp³-hybridized carbons (Fsp3) is 0.571. The van der Waals surface area contributed by atoms with Crippen LogP contribution in [0.3, 0.4) is 0 Å². The van der Waals surface area contributed by atoms with E-state index in [9.17, 15) is 4.79 Å². The molecule has 2 nitrogen and oxygen atoms in total. The van der Waals surface area contributed by atoms with E-state index in [1.54, 1.807) is 6.08 Å². The molecule has 0 bridgehead atoms. The molecule has 0 aromatic heterocycles. The van der Waals surface area contributed by atoms with Crippen molar-refractivity contribution in [3.63, 3.8) is 0 Å². The first kappa shape index (κ1) is 16.3. The SMILES string of the molecule is O=C(/C=C/N(C1CCCCC1)C1CCCCC1)c1ccccc1. The van der Waals surface area contributed by atoms with Crippen LogP contribution in [0.4, 0.5) is 0 Å². The molecule has 2 saturated carbocycles. The summed E-state index contributed by atoms with van der Waals surface area (Å²) in [5.74, 6) is 0.127. The maximum absolute atomic E-state index is 12.4. The molecule has 3 rings (SSSR count). The van der Waals surface area contributed by atoms with Gasteiger partial charge in [0.15, 0.2) is 5.78 Å². The summed E-state index contributed by atoms with van der Waals surface area (Å²) in [6.45, 7) is 0. The lowest BCUT2D eigenvalue weighted by Crippen LogP contribution is -2.41. The number of benzene rings is 1. The Balaban J connectivity index is 1.71. The van der Waals surface area contributed by atoms with Gasteiger partial charge < -0.3 is 4.90 Å². The zero-order valence-electron chi connectivity index (χ0n) is 14.1. The fourth-order valence-corrected chi connectivity index (χ4v) is 4.15. The second-order valence-corrected chi connectivity index (χ2v) is 7.08. The molecule has 0 unspecified atom stereocenters. The Morgan fingerprint density at radius 1 is 0.826 bits per heavy atom. The van der Waals surface area contributed by atoms with Gasteiger partial charge in [0.2, 0.25) is 0 Å². The highest BCUT2D eigenvalue weighted by Crippen LogP contribution is 2.30. The molecular weight excluding hydrogens is 282 g/mol. The van der Waals surface area contributed by atoms with Crippen molar-refractivity contribution in [2.45, 2.75) is 76.3 Å². The van der Waals surface area contributed by atoms with Crippen LogP contribution in [0.2, 0.25) is 0 Å². The van der Waals surface area contributed by atoms with Crippen molar-refractivity contribution < 1.29 is 4.79 Å². The minimum absolute atomic E-state index is 0.127. The smallest absolute Gasteiger partial charge is 0.187 e. The second-order valence-electron chi connectivity index (χ2n) is 7.08. The minimum atomic E-state index is 0.127. The Kier molecular flexibility index (Phi) is 5.90. The van der Waals surface area contributed by atoms with Crippen LogP contribution in [-0.2, 0) is 0 Å². The molecule has 0 N–H and O–H groups in total. The molecule has 124 valence electrons. The van der Waals surface area contributed by atoms with Crippen LogP contribution in [0, 0.1) is 0 Å². The number of nitrogens with zero attached hydrogens (tertiary/aromatic N) is 1. The third-order valence-corrected chi connectivity index (χ3v) is 5.45. The molecule has 0 saturated heterocycles. The van der Waals surface area contributed by atoms with Gasteiger partial charge >= 0.3 is 0 Å². The van der Waals surface area contributed by atoms with Crippen LogP contribution in [-0.4, -0.2) is 22.8 Å². The molecule has 2 fully saturated rings. The predicted octanol–water partition coefficient (Wildman–Crippen LogP) is 5.35. The molecule has 1 aromatic carbocycles. The zero-order chi connectivity index (χ0) is 15.9. The van der Waals surface area contributed by atoms with E-state index < -0.39 is 0 Å². The summed E-state index contributed by atoms with van der Waals surface area (Å²) >= 11 is 0. The summed E-state index contributed by atoms with van der Waals surface area (Å²) in [6, 6.07) is 10.9. The molecule has 2 heteroatoms. The predicted molar refractivity (Wildman–Crippen MR) is 95.5 cm³/mol. The number of hydrogen-bond acceptors (Lipinski definition) is 2. The van der Waals surface area contributed by atoms with Crippen LogP contribution >= 0.6 is 0 Å². The van der Waals surface area contributed by atoms with Crippen molar-refractivity contribution in [1.82, 2.24) is 4.90 Å². The second kappa shape index (κ2) is 8.33. The molecular formula is C21H29NO. The third kappa shape index (κ3) is 4.46. The summed E-state index contributed by atoms with van der Waals surface area (Å²) in [6.07, 6.45) is 17.2. The van der Waals surface area contributed by atoms with Crippen molar-refractivity contribution in [1.29, 1.82) is 0 Å². The zero-order valence-corrected chi connectivity index (χ0v) is 14.1. The van der Waals surface area contributed by atoms with Crippen molar-refractivity contribution in [3.8, 4) is 0 Å². The van der Waals surface area contributed by atoms with Crippen LogP contribution in [0.25, 0.3) is 0 Å². The summed E-state index contributed by atoms with van der Waals surface area (Å²) in [7, 11) is 0. The maximum atomic E-state index is 12.4. The highest BCUT2D eigenvalue weighted by Gasteiger charge is 2.26. The van der Waals surface area contributed by atoms with Gasteiger partial charge in [-0.1, -0.05) is 68.9 Å². The van der Waals surface area contributed by atoms with Crippen LogP contribution in [0.15, 0.2) is 42.6 Å². The number of ketones is 1. The molecule has 2 aliphatic rings. The Hall–Kier alpha value is -1.57. The van der Waals surface area contributed by atoms with Gasteiger partial charge in [-0.2, -0.15) is 0 Å². The van der Waals surface area contributed by atoms with Crippen molar-refractivity contribution in [2.24, 2.45) is 0 Å². The Morgan fingerprint density at radius 2 is 1.35 bits per heavy atom. The summed E-state index contributed by atoms with van der Waals surface area (Å²) in [4.78, 5) is 15.0. The molecule has 0 aliphatic heterocycles. The summed E-state index contributed by atoms with van der Waals surface area (Å²) in [5, 5.41) is 0. The maximum Gasteiger partial charge on any atom is 0.187 e. The topological polar surface area (TPSA) is 20.3 Å². The number of carbonyl (C=O) groups is 1. The number of carbonyl (C=O) groups excluding carboxylic acids is 1. The molecule has 1 aromatic rings. The lowest BCUT2D eigenvalue weighted by molar-refractivity contribution is 0.103. The van der Waals surface area contributed by atoms with Gasteiger partial charge in [0.25, 0.3) is 0 Å². The fourth-order valence-electron chi connectivity index (χ4n) is 4.15. The van der Waals surface area contributed by atoms with E-state index in [-0.39, 0.29) is 5.78 Å². The number of hydrogen-bond donors (Lipinski definition) is 0. The summed E-state index contributed by atoms with van der Waals surface area (Å²) in [5.41, 5.74) is 0.788. The van der Waals surface area contributed by atoms with Crippen LogP contribution in [0.5, 0.6) is 0 Å². The van der Waals surface area contributed by atoms with E-state index in [0.29, 0.717) is 12.1 Å². The lowest BCUT2D eigenvalue weighted by Gasteiger charge is -2.41. The molecule has 2 aliphatic carbocycles. The van der Waals surface area contributed by atoms with E-state index in [0.717, 1.165) is 5.56 Å². The van der Waals surface area contributed by atoms with Crippen molar-refractivity contribution in [3.05, 3.63) is 48.2 Å². The molecule has 0 radical (unpaired) electrons. The van der Waals surface area contributed by atoms with Crippen molar-refractivity contribution >= 4 is 5.78 Å². The molecule has 0 amide bonds. The number of rotatable bonds is 5.